The van der Waals surface area contributed by atoms with Crippen LogP contribution in [-0.2, 0) is 4.74 Å². The van der Waals surface area contributed by atoms with Gasteiger partial charge in [-0.25, -0.2) is 0 Å². The van der Waals surface area contributed by atoms with Crippen molar-refractivity contribution in [3.05, 3.63) is 12.7 Å². The Morgan fingerprint density at radius 2 is 2.41 bits per heavy atom. The fourth-order valence-electron chi connectivity index (χ4n) is 1.99. The van der Waals surface area contributed by atoms with Crippen LogP contribution >= 0.6 is 0 Å². The number of rotatable bonds is 6. The normalized spacial score (nSPS) is 21.6. The minimum absolute atomic E-state index is 0.637. The molecule has 1 aliphatic heterocycles. The minimum atomic E-state index is 0.637. The van der Waals surface area contributed by atoms with E-state index in [-0.39, 0.29) is 0 Å². The summed E-state index contributed by atoms with van der Waals surface area (Å²) in [4.78, 5) is 6.53. The summed E-state index contributed by atoms with van der Waals surface area (Å²) in [6.45, 7) is 9.98. The Morgan fingerprint density at radius 3 is 3.12 bits per heavy atom. The molecule has 1 atom stereocenters. The zero-order valence-corrected chi connectivity index (χ0v) is 10.9. The maximum atomic E-state index is 5.96. The third-order valence-electron chi connectivity index (χ3n) is 2.96. The zero-order valence-electron chi connectivity index (χ0n) is 10.9. The van der Waals surface area contributed by atoms with E-state index in [1.54, 1.807) is 0 Å². The van der Waals surface area contributed by atoms with E-state index in [0.29, 0.717) is 19.1 Å². The van der Waals surface area contributed by atoms with Gasteiger partial charge in [0.2, 0.25) is 0 Å². The molecule has 0 aromatic carbocycles. The number of aliphatic imine (C=N–C) groups is 1. The predicted octanol–water partition coefficient (Wildman–Crippen LogP) is 1.63. The first kappa shape index (κ1) is 14.0. The van der Waals surface area contributed by atoms with Gasteiger partial charge < -0.3 is 15.4 Å². The van der Waals surface area contributed by atoms with Gasteiger partial charge >= 0.3 is 0 Å². The van der Waals surface area contributed by atoms with Crippen molar-refractivity contribution in [2.75, 3.05) is 32.8 Å². The largest absolute Gasteiger partial charge is 0.379 e. The van der Waals surface area contributed by atoms with Crippen LogP contribution in [0.1, 0.15) is 26.2 Å². The average molecular weight is 239 g/mol. The molecule has 0 aromatic heterocycles. The van der Waals surface area contributed by atoms with Gasteiger partial charge in [-0.05, 0) is 25.2 Å². The zero-order chi connectivity index (χ0) is 12.5. The quantitative estimate of drug-likeness (QED) is 0.332. The van der Waals surface area contributed by atoms with Crippen molar-refractivity contribution >= 4 is 5.96 Å². The predicted molar refractivity (Wildman–Crippen MR) is 72.1 cm³/mol. The van der Waals surface area contributed by atoms with Gasteiger partial charge in [-0.1, -0.05) is 13.0 Å². The highest BCUT2D eigenvalue weighted by Gasteiger charge is 2.17. The molecule has 1 heterocycles. The number of guanidine groups is 1. The minimum Gasteiger partial charge on any atom is -0.379 e. The van der Waals surface area contributed by atoms with Crippen LogP contribution in [0.2, 0.25) is 0 Å². The molecule has 17 heavy (non-hydrogen) atoms. The lowest BCUT2D eigenvalue weighted by atomic mass is 10.0. The first-order chi connectivity index (χ1) is 8.24. The first-order valence-corrected chi connectivity index (χ1v) is 6.47. The smallest absolute Gasteiger partial charge is 0.191 e. The Bertz CT molecular complexity index is 253. The second-order valence-electron chi connectivity index (χ2n) is 4.62. The molecular weight excluding hydrogens is 214 g/mol. The summed E-state index contributed by atoms with van der Waals surface area (Å²) in [5.41, 5.74) is 5.96. The van der Waals surface area contributed by atoms with Gasteiger partial charge in [0.1, 0.15) is 0 Å². The molecular formula is C13H25N3O. The van der Waals surface area contributed by atoms with Gasteiger partial charge in [-0.3, -0.25) is 4.99 Å². The lowest BCUT2D eigenvalue weighted by Gasteiger charge is -2.31. The van der Waals surface area contributed by atoms with Crippen LogP contribution in [0, 0.1) is 5.92 Å². The van der Waals surface area contributed by atoms with Crippen LogP contribution in [0.15, 0.2) is 17.6 Å². The third kappa shape index (κ3) is 5.73. The van der Waals surface area contributed by atoms with Crippen molar-refractivity contribution in [2.45, 2.75) is 26.2 Å². The van der Waals surface area contributed by atoms with Crippen molar-refractivity contribution in [1.29, 1.82) is 0 Å². The molecule has 1 unspecified atom stereocenters. The van der Waals surface area contributed by atoms with Crippen LogP contribution in [0.25, 0.3) is 0 Å². The molecule has 0 radical (unpaired) electrons. The standard InChI is InChI=1S/C13H25N3O/c1-3-4-9-17-10-7-15-13(14)16-8-5-6-12(2)11-16/h3,12H,1,4-11H2,2H3,(H2,14,15). The highest BCUT2D eigenvalue weighted by Crippen LogP contribution is 2.14. The summed E-state index contributed by atoms with van der Waals surface area (Å²) < 4.78 is 5.38. The Kier molecular flexibility index (Phi) is 6.70. The summed E-state index contributed by atoms with van der Waals surface area (Å²) >= 11 is 0. The Hall–Kier alpha value is -1.03. The molecule has 0 aliphatic carbocycles. The SMILES string of the molecule is C=CCCOCCN=C(N)N1CCCC(C)C1. The van der Waals surface area contributed by atoms with E-state index in [9.17, 15) is 0 Å². The molecule has 98 valence electrons. The number of hydrogen-bond donors (Lipinski definition) is 1. The van der Waals surface area contributed by atoms with E-state index in [1.165, 1.54) is 12.8 Å². The second kappa shape index (κ2) is 8.12. The van der Waals surface area contributed by atoms with Crippen molar-refractivity contribution in [3.63, 3.8) is 0 Å². The molecule has 4 nitrogen and oxygen atoms in total. The Morgan fingerprint density at radius 1 is 1.59 bits per heavy atom. The number of nitrogens with zero attached hydrogens (tertiary/aromatic N) is 2. The van der Waals surface area contributed by atoms with Crippen LogP contribution in [0.5, 0.6) is 0 Å². The van der Waals surface area contributed by atoms with E-state index in [1.807, 2.05) is 6.08 Å². The van der Waals surface area contributed by atoms with E-state index < -0.39 is 0 Å². The van der Waals surface area contributed by atoms with Gasteiger partial charge in [0, 0.05) is 13.1 Å². The Balaban J connectivity index is 2.17. The van der Waals surface area contributed by atoms with Crippen molar-refractivity contribution in [2.24, 2.45) is 16.6 Å². The van der Waals surface area contributed by atoms with Crippen molar-refractivity contribution in [1.82, 2.24) is 4.90 Å². The van der Waals surface area contributed by atoms with Crippen LogP contribution in [0.4, 0.5) is 0 Å². The van der Waals surface area contributed by atoms with Gasteiger partial charge in [0.15, 0.2) is 5.96 Å². The summed E-state index contributed by atoms with van der Waals surface area (Å²) in [6, 6.07) is 0. The molecule has 4 heteroatoms. The first-order valence-electron chi connectivity index (χ1n) is 6.47. The van der Waals surface area contributed by atoms with E-state index in [0.717, 1.165) is 32.0 Å². The molecule has 0 bridgehead atoms. The number of likely N-dealkylation sites (tertiary alicyclic amines) is 1. The maximum absolute atomic E-state index is 5.96. The second-order valence-corrected chi connectivity index (χ2v) is 4.62. The molecule has 1 rings (SSSR count). The van der Waals surface area contributed by atoms with E-state index in [4.69, 9.17) is 10.5 Å². The molecule has 0 amide bonds. The molecule has 1 saturated heterocycles. The Labute approximate surface area is 105 Å². The highest BCUT2D eigenvalue weighted by molar-refractivity contribution is 5.78. The fourth-order valence-corrected chi connectivity index (χ4v) is 1.99. The van der Waals surface area contributed by atoms with Gasteiger partial charge in [0.05, 0.1) is 19.8 Å². The van der Waals surface area contributed by atoms with Gasteiger partial charge in [0.25, 0.3) is 0 Å². The molecule has 0 spiro atoms. The summed E-state index contributed by atoms with van der Waals surface area (Å²) in [5.74, 6) is 1.39. The number of piperidine rings is 1. The highest BCUT2D eigenvalue weighted by atomic mass is 16.5. The van der Waals surface area contributed by atoms with Crippen molar-refractivity contribution < 1.29 is 4.74 Å². The lowest BCUT2D eigenvalue weighted by Crippen LogP contribution is -2.43. The lowest BCUT2D eigenvalue weighted by molar-refractivity contribution is 0.146. The molecule has 0 aromatic rings. The maximum Gasteiger partial charge on any atom is 0.191 e. The summed E-state index contributed by atoms with van der Waals surface area (Å²) in [7, 11) is 0. The average Bonchev–Trinajstić information content (AvgIpc) is 2.33. The van der Waals surface area contributed by atoms with Gasteiger partial charge in [-0.2, -0.15) is 0 Å². The van der Waals surface area contributed by atoms with Gasteiger partial charge in [-0.15, -0.1) is 6.58 Å². The van der Waals surface area contributed by atoms with Crippen LogP contribution < -0.4 is 5.73 Å². The van der Waals surface area contributed by atoms with Crippen molar-refractivity contribution in [3.8, 4) is 0 Å². The number of hydrogen-bond acceptors (Lipinski definition) is 2. The number of ether oxygens (including phenoxy) is 1. The molecule has 1 aliphatic rings. The fraction of sp³-hybridized carbons (Fsp3) is 0.769. The summed E-state index contributed by atoms with van der Waals surface area (Å²) in [6.07, 6.45) is 5.26. The third-order valence-corrected chi connectivity index (χ3v) is 2.96. The molecule has 1 fully saturated rings. The summed E-state index contributed by atoms with van der Waals surface area (Å²) in [5, 5.41) is 0. The molecule has 2 N–H and O–H groups in total. The number of nitrogens with two attached hydrogens (primary N) is 1. The monoisotopic (exact) mass is 239 g/mol. The van der Waals surface area contributed by atoms with E-state index >= 15 is 0 Å². The van der Waals surface area contributed by atoms with E-state index in [2.05, 4.69) is 23.4 Å². The topological polar surface area (TPSA) is 50.9 Å². The molecule has 0 saturated carbocycles. The van der Waals surface area contributed by atoms with Crippen LogP contribution in [0.3, 0.4) is 0 Å². The van der Waals surface area contributed by atoms with Crippen LogP contribution in [-0.4, -0.2) is 43.7 Å².